The summed E-state index contributed by atoms with van der Waals surface area (Å²) in [4.78, 5) is 20.2. The SMILES string of the molecule is Clc1ccc2oc3nc4c5ccccc5c5ccccc5c4nc3c2c1.OB(O)c1cccc(-c2ccc3c4ccccc4c4ccccc4c3c2)c1.c1cc(-c2ccc3c4ccccc4c4ccccc4c3c2)cc(-c2ccc3oc4nc5c6ccccc6c6ccccc6c5nc4c3c2)c1. The van der Waals surface area contributed by atoms with Gasteiger partial charge in [0.1, 0.15) is 33.2 Å². The van der Waals surface area contributed by atoms with Gasteiger partial charge in [0.15, 0.2) is 0 Å². The number of fused-ring (bicyclic) bond motifs is 30. The molecule has 4 aromatic heterocycles. The summed E-state index contributed by atoms with van der Waals surface area (Å²) in [5, 5.41) is 45.6. The lowest BCUT2D eigenvalue weighted by molar-refractivity contribution is 0.426. The van der Waals surface area contributed by atoms with Crippen LogP contribution in [0.25, 0.3) is 208 Å². The quantitative estimate of drug-likeness (QED) is 0.132. The Hall–Kier alpha value is -12.9. The lowest BCUT2D eigenvalue weighted by atomic mass is 9.79. The van der Waals surface area contributed by atoms with Crippen molar-refractivity contribution >= 4 is 198 Å². The van der Waals surface area contributed by atoms with Gasteiger partial charge >= 0.3 is 7.12 Å². The van der Waals surface area contributed by atoms with Crippen molar-refractivity contribution in [1.82, 2.24) is 19.9 Å². The molecule has 0 atom stereocenters. The summed E-state index contributed by atoms with van der Waals surface area (Å²) >= 11 is 6.18. The van der Waals surface area contributed by atoms with Crippen molar-refractivity contribution < 1.29 is 18.9 Å². The Morgan fingerprint density at radius 3 is 0.873 bits per heavy atom. The molecule has 8 nitrogen and oxygen atoms in total. The van der Waals surface area contributed by atoms with Gasteiger partial charge in [-0.15, -0.1) is 0 Å². The summed E-state index contributed by atoms with van der Waals surface area (Å²) in [7, 11) is -1.46. The van der Waals surface area contributed by atoms with E-state index in [2.05, 4.69) is 261 Å². The van der Waals surface area contributed by atoms with Crippen LogP contribution >= 0.6 is 11.6 Å². The molecule has 22 aromatic rings. The van der Waals surface area contributed by atoms with Crippen LogP contribution in [0.5, 0.6) is 0 Å². The number of rotatable bonds is 4. The van der Waals surface area contributed by atoms with Crippen LogP contribution in [-0.4, -0.2) is 37.1 Å². The molecule has 18 aromatic carbocycles. The van der Waals surface area contributed by atoms with Gasteiger partial charge in [0.05, 0.1) is 16.4 Å². The highest BCUT2D eigenvalue weighted by Crippen LogP contribution is 2.43. The van der Waals surface area contributed by atoms with Gasteiger partial charge in [0.2, 0.25) is 11.4 Å². The maximum Gasteiger partial charge on any atom is 0.488 e. The Kier molecular flexibility index (Phi) is 13.7. The van der Waals surface area contributed by atoms with Gasteiger partial charge in [-0.05, 0) is 174 Å². The molecule has 4 heterocycles. The lowest BCUT2D eigenvalue weighted by Gasteiger charge is -2.12. The maximum atomic E-state index is 9.48. The zero-order valence-electron chi connectivity index (χ0n) is 54.5. The van der Waals surface area contributed by atoms with Crippen LogP contribution in [-0.2, 0) is 0 Å². The van der Waals surface area contributed by atoms with E-state index in [0.29, 0.717) is 21.9 Å². The second-order valence-electron chi connectivity index (χ2n) is 26.2. The van der Waals surface area contributed by atoms with E-state index in [1.165, 1.54) is 97.3 Å². The van der Waals surface area contributed by atoms with Crippen molar-refractivity contribution in [2.45, 2.75) is 0 Å². The van der Waals surface area contributed by atoms with Gasteiger partial charge in [-0.1, -0.05) is 279 Å². The van der Waals surface area contributed by atoms with Crippen molar-refractivity contribution in [1.29, 1.82) is 0 Å². The second kappa shape index (κ2) is 23.7. The summed E-state index contributed by atoms with van der Waals surface area (Å²) in [6.07, 6.45) is 0. The van der Waals surface area contributed by atoms with Crippen molar-refractivity contribution in [3.63, 3.8) is 0 Å². The van der Waals surface area contributed by atoms with Crippen molar-refractivity contribution in [2.75, 3.05) is 0 Å². The number of halogens is 1. The van der Waals surface area contributed by atoms with Crippen molar-refractivity contribution in [3.05, 3.63) is 320 Å². The first-order chi connectivity index (χ1) is 50.3. The fraction of sp³-hybridized carbons (Fsp3) is 0. The van der Waals surface area contributed by atoms with Gasteiger partial charge in [-0.25, -0.2) is 19.9 Å². The zero-order chi connectivity index (χ0) is 67.7. The normalized spacial score (nSPS) is 11.9. The average Bonchev–Trinajstić information content (AvgIpc) is 1.36. The first kappa shape index (κ1) is 59.2. The molecule has 476 valence electrons. The van der Waals surface area contributed by atoms with Crippen molar-refractivity contribution in [3.8, 4) is 33.4 Å². The molecule has 0 saturated heterocycles. The van der Waals surface area contributed by atoms with Gasteiger partial charge in [0.25, 0.3) is 0 Å². The van der Waals surface area contributed by atoms with Crippen LogP contribution in [0, 0.1) is 0 Å². The van der Waals surface area contributed by atoms with Crippen LogP contribution in [0.3, 0.4) is 0 Å². The van der Waals surface area contributed by atoms with E-state index in [0.717, 1.165) is 98.8 Å². The summed E-state index contributed by atoms with van der Waals surface area (Å²) in [6, 6.07) is 109. The topological polar surface area (TPSA) is 118 Å². The molecule has 22 rings (SSSR count). The third-order valence-electron chi connectivity index (χ3n) is 20.4. The summed E-state index contributed by atoms with van der Waals surface area (Å²) in [6.45, 7) is 0. The maximum absolute atomic E-state index is 9.48. The minimum Gasteiger partial charge on any atom is -0.436 e. The van der Waals surface area contributed by atoms with E-state index in [1.54, 1.807) is 6.07 Å². The Morgan fingerprint density at radius 1 is 0.216 bits per heavy atom. The van der Waals surface area contributed by atoms with Gasteiger partial charge in [-0.2, -0.15) is 0 Å². The smallest absolute Gasteiger partial charge is 0.436 e. The molecule has 0 bridgehead atoms. The highest BCUT2D eigenvalue weighted by Gasteiger charge is 2.21. The largest absolute Gasteiger partial charge is 0.488 e. The molecule has 102 heavy (non-hydrogen) atoms. The monoisotopic (exact) mass is 1320 g/mol. The Bertz CT molecular complexity index is 7220. The molecule has 0 saturated carbocycles. The summed E-state index contributed by atoms with van der Waals surface area (Å²) < 4.78 is 12.3. The van der Waals surface area contributed by atoms with Gasteiger partial charge < -0.3 is 18.9 Å². The van der Waals surface area contributed by atoms with E-state index in [4.69, 9.17) is 40.4 Å². The van der Waals surface area contributed by atoms with Crippen LogP contribution in [0.4, 0.5) is 0 Å². The molecule has 0 unspecified atom stereocenters. The van der Waals surface area contributed by atoms with E-state index >= 15 is 0 Å². The minimum atomic E-state index is -1.46. The van der Waals surface area contributed by atoms with E-state index < -0.39 is 7.12 Å². The fourth-order valence-corrected chi connectivity index (χ4v) is 15.9. The average molecular weight is 1330 g/mol. The zero-order valence-corrected chi connectivity index (χ0v) is 55.2. The molecule has 0 spiro atoms. The number of hydrogen-bond donors (Lipinski definition) is 2. The van der Waals surface area contributed by atoms with E-state index in [9.17, 15) is 10.0 Å². The molecular formula is C92H54BClN4O4. The van der Waals surface area contributed by atoms with Crippen LogP contribution in [0.2, 0.25) is 5.02 Å². The Labute approximate surface area is 587 Å². The van der Waals surface area contributed by atoms with Crippen LogP contribution in [0.1, 0.15) is 0 Å². The molecule has 0 aliphatic heterocycles. The number of hydrogen-bond acceptors (Lipinski definition) is 8. The molecule has 10 heteroatoms. The molecule has 0 amide bonds. The number of furan rings is 2. The predicted molar refractivity (Wildman–Crippen MR) is 426 cm³/mol. The van der Waals surface area contributed by atoms with E-state index in [-0.39, 0.29) is 0 Å². The summed E-state index contributed by atoms with van der Waals surface area (Å²) in [5.41, 5.74) is 14.8. The predicted octanol–water partition coefficient (Wildman–Crippen LogP) is 23.6. The first-order valence-electron chi connectivity index (χ1n) is 34.1. The lowest BCUT2D eigenvalue weighted by Crippen LogP contribution is -2.29. The molecule has 0 radical (unpaired) electrons. The minimum absolute atomic E-state index is 0.496. The van der Waals surface area contributed by atoms with Gasteiger partial charge in [-0.3, -0.25) is 0 Å². The second-order valence-corrected chi connectivity index (χ2v) is 26.6. The number of aromatic nitrogens is 4. The highest BCUT2D eigenvalue weighted by atomic mass is 35.5. The number of benzene rings is 18. The molecule has 0 aliphatic carbocycles. The molecule has 0 fully saturated rings. The molecule has 0 aliphatic rings. The Balaban J connectivity index is 0.000000111. The Morgan fingerprint density at radius 2 is 0.490 bits per heavy atom. The summed E-state index contributed by atoms with van der Waals surface area (Å²) in [5.74, 6) is 0. The molecular weight excluding hydrogens is 1270 g/mol. The van der Waals surface area contributed by atoms with Gasteiger partial charge in [0, 0.05) is 32.0 Å². The molecule has 2 N–H and O–H groups in total. The van der Waals surface area contributed by atoms with Crippen molar-refractivity contribution in [2.24, 2.45) is 0 Å². The van der Waals surface area contributed by atoms with Crippen LogP contribution < -0.4 is 5.46 Å². The fourth-order valence-electron chi connectivity index (χ4n) is 15.7. The third kappa shape index (κ3) is 9.62. The number of nitrogens with zero attached hydrogens (tertiary/aromatic N) is 4. The third-order valence-corrected chi connectivity index (χ3v) is 20.7. The standard InChI is InChI=1S/C46H26N2O.C24H17BO2.C22H11ClN2O/c1-2-14-33-31(12-1)32-13-3-4-17-36(32)40-25-29(20-22-37(33)40)27-10-9-11-28(24-27)30-21-23-42-41(26-30)45-46(49-42)48-44-39-19-8-6-16-35(39)34-15-5-7-18-38(34)43(44)47-45;26-25(27)18-7-5-6-16(14-18)17-12-13-23-21-10-2-1-8-19(21)20-9-3-4-11-22(20)24(23)15-17;23-12-9-10-18-17(11-12)21-22(26-18)25-20-16-8-4-2-6-14(16)13-5-1-3-7-15(13)19(20)24-21/h1-26H;1-15,26-27H;1-11H. The van der Waals surface area contributed by atoms with Crippen LogP contribution in [0.15, 0.2) is 324 Å². The highest BCUT2D eigenvalue weighted by molar-refractivity contribution is 6.58. The van der Waals surface area contributed by atoms with E-state index in [1.807, 2.05) is 48.5 Å². The first-order valence-corrected chi connectivity index (χ1v) is 34.4.